The van der Waals surface area contributed by atoms with E-state index in [1.807, 2.05) is 30.3 Å². The topological polar surface area (TPSA) is 38.3 Å². The van der Waals surface area contributed by atoms with E-state index >= 15 is 0 Å². The summed E-state index contributed by atoms with van der Waals surface area (Å²) in [6.07, 6.45) is -4.55. The third-order valence-electron chi connectivity index (χ3n) is 3.96. The molecule has 0 aliphatic heterocycles. The molecule has 3 rings (SSSR count). The molecule has 0 atom stereocenters. The molecule has 0 aromatic heterocycles. The first-order chi connectivity index (χ1) is 13.7. The summed E-state index contributed by atoms with van der Waals surface area (Å²) < 4.78 is 44.3. The van der Waals surface area contributed by atoms with Gasteiger partial charge in [0.2, 0.25) is 0 Å². The summed E-state index contributed by atoms with van der Waals surface area (Å²) in [5.74, 6) is -0.464. The Balaban J connectivity index is 1.79. The standard InChI is InChI=1S/C21H14Cl2F3NO2/c22-16-10-17(23)19(29-12-13-5-2-1-3-6-13)11-18(16)27-20(28)14-7-4-8-15(9-14)21(24,25)26/h1-11H,12H2,(H,27,28). The molecule has 0 fully saturated rings. The second kappa shape index (κ2) is 8.76. The molecule has 0 saturated carbocycles. The van der Waals surface area contributed by atoms with E-state index in [9.17, 15) is 18.0 Å². The maximum atomic E-state index is 12.9. The highest BCUT2D eigenvalue weighted by atomic mass is 35.5. The molecule has 0 bridgehead atoms. The van der Waals surface area contributed by atoms with Crippen LogP contribution in [0.4, 0.5) is 18.9 Å². The van der Waals surface area contributed by atoms with Gasteiger partial charge in [-0.05, 0) is 29.8 Å². The quantitative estimate of drug-likeness (QED) is 0.472. The average molecular weight is 440 g/mol. The van der Waals surface area contributed by atoms with E-state index in [0.717, 1.165) is 23.8 Å². The molecule has 3 nitrogen and oxygen atoms in total. The Morgan fingerprint density at radius 2 is 1.66 bits per heavy atom. The van der Waals surface area contributed by atoms with Crippen LogP contribution < -0.4 is 10.1 Å². The molecule has 1 amide bonds. The van der Waals surface area contributed by atoms with Crippen molar-refractivity contribution >= 4 is 34.8 Å². The van der Waals surface area contributed by atoms with Crippen molar-refractivity contribution < 1.29 is 22.7 Å². The number of ether oxygens (including phenoxy) is 1. The molecule has 0 spiro atoms. The van der Waals surface area contributed by atoms with E-state index in [4.69, 9.17) is 27.9 Å². The summed E-state index contributed by atoms with van der Waals surface area (Å²) in [5, 5.41) is 2.86. The number of halogens is 5. The van der Waals surface area contributed by atoms with Gasteiger partial charge in [-0.3, -0.25) is 4.79 Å². The van der Waals surface area contributed by atoms with Crippen molar-refractivity contribution in [1.82, 2.24) is 0 Å². The molecule has 0 unspecified atom stereocenters. The summed E-state index contributed by atoms with van der Waals surface area (Å²) >= 11 is 12.3. The molecule has 0 saturated heterocycles. The smallest absolute Gasteiger partial charge is 0.416 e. The van der Waals surface area contributed by atoms with Crippen LogP contribution in [0.3, 0.4) is 0 Å². The second-order valence-electron chi connectivity index (χ2n) is 6.07. The lowest BCUT2D eigenvalue weighted by atomic mass is 10.1. The Hall–Kier alpha value is -2.70. The van der Waals surface area contributed by atoms with Crippen LogP contribution in [0.25, 0.3) is 0 Å². The van der Waals surface area contributed by atoms with E-state index < -0.39 is 17.6 Å². The molecule has 150 valence electrons. The number of hydrogen-bond donors (Lipinski definition) is 1. The number of rotatable bonds is 5. The summed E-state index contributed by atoms with van der Waals surface area (Å²) in [7, 11) is 0. The lowest BCUT2D eigenvalue weighted by Crippen LogP contribution is -2.14. The van der Waals surface area contributed by atoms with Crippen molar-refractivity contribution in [2.24, 2.45) is 0 Å². The van der Waals surface area contributed by atoms with Gasteiger partial charge in [-0.1, -0.05) is 59.6 Å². The second-order valence-corrected chi connectivity index (χ2v) is 6.88. The van der Waals surface area contributed by atoms with E-state index in [0.29, 0.717) is 0 Å². The molecular weight excluding hydrogens is 426 g/mol. The van der Waals surface area contributed by atoms with E-state index in [-0.39, 0.29) is 33.7 Å². The van der Waals surface area contributed by atoms with Crippen LogP contribution >= 0.6 is 23.2 Å². The summed E-state index contributed by atoms with van der Waals surface area (Å²) in [6, 6.07) is 16.3. The highest BCUT2D eigenvalue weighted by Gasteiger charge is 2.31. The lowest BCUT2D eigenvalue weighted by molar-refractivity contribution is -0.137. The van der Waals surface area contributed by atoms with Gasteiger partial charge in [-0.2, -0.15) is 13.2 Å². The van der Waals surface area contributed by atoms with Crippen molar-refractivity contribution in [3.05, 3.63) is 93.5 Å². The first-order valence-electron chi connectivity index (χ1n) is 8.38. The molecule has 3 aromatic carbocycles. The van der Waals surface area contributed by atoms with Crippen molar-refractivity contribution in [2.45, 2.75) is 12.8 Å². The third kappa shape index (κ3) is 5.43. The van der Waals surface area contributed by atoms with Gasteiger partial charge >= 0.3 is 6.18 Å². The number of carbonyl (C=O) groups is 1. The molecular formula is C21H14Cl2F3NO2. The SMILES string of the molecule is O=C(Nc1cc(OCc2ccccc2)c(Cl)cc1Cl)c1cccc(C(F)(F)F)c1. The van der Waals surface area contributed by atoms with Crippen LogP contribution in [0.1, 0.15) is 21.5 Å². The Morgan fingerprint density at radius 3 is 2.34 bits per heavy atom. The van der Waals surface area contributed by atoms with Gasteiger partial charge in [0.05, 0.1) is 21.3 Å². The maximum absolute atomic E-state index is 12.9. The number of nitrogens with one attached hydrogen (secondary N) is 1. The lowest BCUT2D eigenvalue weighted by Gasteiger charge is -2.13. The zero-order chi connectivity index (χ0) is 21.0. The fourth-order valence-electron chi connectivity index (χ4n) is 2.50. The van der Waals surface area contributed by atoms with Crippen molar-refractivity contribution in [3.63, 3.8) is 0 Å². The Kier molecular flexibility index (Phi) is 6.35. The number of amides is 1. The van der Waals surface area contributed by atoms with E-state index in [2.05, 4.69) is 5.32 Å². The Bertz CT molecular complexity index is 1020. The van der Waals surface area contributed by atoms with Crippen molar-refractivity contribution in [1.29, 1.82) is 0 Å². The van der Waals surface area contributed by atoms with Gasteiger partial charge in [0.1, 0.15) is 12.4 Å². The van der Waals surface area contributed by atoms with Gasteiger partial charge < -0.3 is 10.1 Å². The Morgan fingerprint density at radius 1 is 0.931 bits per heavy atom. The monoisotopic (exact) mass is 439 g/mol. The minimum Gasteiger partial charge on any atom is -0.487 e. The minimum absolute atomic E-state index is 0.127. The molecule has 29 heavy (non-hydrogen) atoms. The number of alkyl halides is 3. The summed E-state index contributed by atoms with van der Waals surface area (Å²) in [4.78, 5) is 12.4. The molecule has 0 heterocycles. The molecule has 3 aromatic rings. The molecule has 0 aliphatic rings. The van der Waals surface area contributed by atoms with Crippen LogP contribution in [0.15, 0.2) is 66.7 Å². The normalized spacial score (nSPS) is 11.2. The van der Waals surface area contributed by atoms with E-state index in [1.54, 1.807) is 0 Å². The van der Waals surface area contributed by atoms with Crippen LogP contribution in [-0.2, 0) is 12.8 Å². The molecule has 8 heteroatoms. The predicted molar refractivity (Wildman–Crippen MR) is 107 cm³/mol. The minimum atomic E-state index is -4.55. The largest absolute Gasteiger partial charge is 0.487 e. The van der Waals surface area contributed by atoms with Gasteiger partial charge in [0.15, 0.2) is 0 Å². The summed E-state index contributed by atoms with van der Waals surface area (Å²) in [6.45, 7) is 0.239. The first kappa shape index (κ1) is 21.0. The van der Waals surface area contributed by atoms with Crippen molar-refractivity contribution in [2.75, 3.05) is 5.32 Å². The average Bonchev–Trinajstić information content (AvgIpc) is 2.69. The fourth-order valence-corrected chi connectivity index (χ4v) is 2.99. The van der Waals surface area contributed by atoms with Crippen LogP contribution in [-0.4, -0.2) is 5.91 Å². The zero-order valence-electron chi connectivity index (χ0n) is 14.8. The Labute approximate surface area is 175 Å². The van der Waals surface area contributed by atoms with Crippen LogP contribution in [0.5, 0.6) is 5.75 Å². The number of carbonyl (C=O) groups excluding carboxylic acids is 1. The maximum Gasteiger partial charge on any atom is 0.416 e. The zero-order valence-corrected chi connectivity index (χ0v) is 16.3. The fraction of sp³-hybridized carbons (Fsp3) is 0.0952. The first-order valence-corrected chi connectivity index (χ1v) is 9.14. The third-order valence-corrected chi connectivity index (χ3v) is 4.57. The van der Waals surface area contributed by atoms with Gasteiger partial charge in [-0.15, -0.1) is 0 Å². The van der Waals surface area contributed by atoms with Crippen LogP contribution in [0.2, 0.25) is 10.0 Å². The predicted octanol–water partition coefficient (Wildman–Crippen LogP) is 6.84. The van der Waals surface area contributed by atoms with Crippen molar-refractivity contribution in [3.8, 4) is 5.75 Å². The molecule has 0 aliphatic carbocycles. The van der Waals surface area contributed by atoms with E-state index in [1.165, 1.54) is 18.2 Å². The van der Waals surface area contributed by atoms with Gasteiger partial charge in [0.25, 0.3) is 5.91 Å². The molecule has 1 N–H and O–H groups in total. The highest BCUT2D eigenvalue weighted by Crippen LogP contribution is 2.35. The highest BCUT2D eigenvalue weighted by molar-refractivity contribution is 6.37. The number of benzene rings is 3. The van der Waals surface area contributed by atoms with Crippen LogP contribution in [0, 0.1) is 0 Å². The summed E-state index contributed by atoms with van der Waals surface area (Å²) in [5.41, 5.74) is 0.00596. The number of anilines is 1. The molecule has 0 radical (unpaired) electrons. The van der Waals surface area contributed by atoms with Gasteiger partial charge in [-0.25, -0.2) is 0 Å². The number of hydrogen-bond acceptors (Lipinski definition) is 2. The van der Waals surface area contributed by atoms with Gasteiger partial charge in [0, 0.05) is 11.6 Å².